The topological polar surface area (TPSA) is 91.4 Å². The SMILES string of the molecule is CCOC(=O)c1sc2ncn(CC(=O)c3cc4cc(Br)ccc4o3)c(=O)c2c1C. The van der Waals surface area contributed by atoms with Crippen molar-refractivity contribution >= 4 is 60.2 Å². The number of hydrogen-bond acceptors (Lipinski definition) is 7. The van der Waals surface area contributed by atoms with Crippen LogP contribution in [0.15, 0.2) is 44.3 Å². The van der Waals surface area contributed by atoms with Gasteiger partial charge in [0, 0.05) is 9.86 Å². The molecular formula is C20H15BrN2O5S. The molecular weight excluding hydrogens is 460 g/mol. The monoisotopic (exact) mass is 474 g/mol. The van der Waals surface area contributed by atoms with Crippen LogP contribution in [0.5, 0.6) is 0 Å². The highest BCUT2D eigenvalue weighted by Crippen LogP contribution is 2.28. The molecule has 0 saturated carbocycles. The summed E-state index contributed by atoms with van der Waals surface area (Å²) < 4.78 is 12.7. The average Bonchev–Trinajstić information content (AvgIpc) is 3.25. The molecule has 0 radical (unpaired) electrons. The number of fused-ring (bicyclic) bond motifs is 2. The average molecular weight is 475 g/mol. The molecule has 0 atom stereocenters. The fraction of sp³-hybridized carbons (Fsp3) is 0.200. The van der Waals surface area contributed by atoms with Gasteiger partial charge >= 0.3 is 5.97 Å². The number of ketones is 1. The standard InChI is InChI=1S/C20H15BrN2O5S/c1-3-27-20(26)17-10(2)16-18(29-17)22-9-23(19(16)25)8-13(24)15-7-11-6-12(21)4-5-14(11)28-15/h4-7,9H,3,8H2,1-2H3. The molecule has 0 spiro atoms. The third-order valence-corrected chi connectivity index (χ3v) is 6.12. The van der Waals surface area contributed by atoms with Gasteiger partial charge in [-0.25, -0.2) is 9.78 Å². The van der Waals surface area contributed by atoms with Gasteiger partial charge in [0.25, 0.3) is 5.56 Å². The van der Waals surface area contributed by atoms with Crippen LogP contribution in [0.25, 0.3) is 21.2 Å². The molecule has 3 aromatic heterocycles. The van der Waals surface area contributed by atoms with E-state index in [9.17, 15) is 14.4 Å². The van der Waals surface area contributed by atoms with Gasteiger partial charge in [-0.2, -0.15) is 0 Å². The number of carbonyl (C=O) groups is 2. The number of nitrogens with zero attached hydrogens (tertiary/aromatic N) is 2. The molecule has 0 saturated heterocycles. The second kappa shape index (κ2) is 7.57. The maximum Gasteiger partial charge on any atom is 0.348 e. The molecule has 0 fully saturated rings. The summed E-state index contributed by atoms with van der Waals surface area (Å²) in [4.78, 5) is 42.7. The first kappa shape index (κ1) is 19.5. The predicted octanol–water partition coefficient (Wildman–Crippen LogP) is 4.33. The Bertz CT molecular complexity index is 1330. The van der Waals surface area contributed by atoms with Crippen molar-refractivity contribution in [3.05, 3.63) is 61.6 Å². The summed E-state index contributed by atoms with van der Waals surface area (Å²) >= 11 is 4.49. The van der Waals surface area contributed by atoms with Crippen LogP contribution in [0.3, 0.4) is 0 Å². The largest absolute Gasteiger partial charge is 0.462 e. The lowest BCUT2D eigenvalue weighted by atomic mass is 10.2. The Hall–Kier alpha value is -2.78. The first-order chi connectivity index (χ1) is 13.9. The number of rotatable bonds is 5. The highest BCUT2D eigenvalue weighted by Gasteiger charge is 2.21. The number of halogens is 1. The molecule has 148 valence electrons. The summed E-state index contributed by atoms with van der Waals surface area (Å²) in [6.45, 7) is 3.42. The summed E-state index contributed by atoms with van der Waals surface area (Å²) in [6, 6.07) is 7.08. The number of Topliss-reactive ketones (excluding diaryl/α,β-unsaturated/α-hetero) is 1. The molecule has 1 aromatic carbocycles. The maximum absolute atomic E-state index is 12.9. The number of aryl methyl sites for hydroxylation is 1. The van der Waals surface area contributed by atoms with E-state index in [2.05, 4.69) is 20.9 Å². The maximum atomic E-state index is 12.9. The van der Waals surface area contributed by atoms with E-state index in [1.807, 2.05) is 12.1 Å². The van der Waals surface area contributed by atoms with Crippen LogP contribution in [-0.2, 0) is 11.3 Å². The third kappa shape index (κ3) is 3.51. The number of hydrogen-bond donors (Lipinski definition) is 0. The van der Waals surface area contributed by atoms with Gasteiger partial charge in [0.05, 0.1) is 24.9 Å². The van der Waals surface area contributed by atoms with E-state index in [1.54, 1.807) is 26.0 Å². The zero-order valence-corrected chi connectivity index (χ0v) is 17.9. The van der Waals surface area contributed by atoms with Crippen LogP contribution >= 0.6 is 27.3 Å². The van der Waals surface area contributed by atoms with Crippen molar-refractivity contribution in [2.45, 2.75) is 20.4 Å². The van der Waals surface area contributed by atoms with Crippen molar-refractivity contribution in [2.24, 2.45) is 0 Å². The number of esters is 1. The molecule has 9 heteroatoms. The summed E-state index contributed by atoms with van der Waals surface area (Å²) in [5.41, 5.74) is 0.716. The predicted molar refractivity (Wildman–Crippen MR) is 113 cm³/mol. The highest BCUT2D eigenvalue weighted by molar-refractivity contribution is 9.10. The summed E-state index contributed by atoms with van der Waals surface area (Å²) in [7, 11) is 0. The quantitative estimate of drug-likeness (QED) is 0.315. The molecule has 0 bridgehead atoms. The van der Waals surface area contributed by atoms with Crippen molar-refractivity contribution in [3.8, 4) is 0 Å². The zero-order chi connectivity index (χ0) is 20.7. The van der Waals surface area contributed by atoms with Crippen molar-refractivity contribution in [1.82, 2.24) is 9.55 Å². The van der Waals surface area contributed by atoms with Gasteiger partial charge in [-0.05, 0) is 43.7 Å². The van der Waals surface area contributed by atoms with Gasteiger partial charge < -0.3 is 9.15 Å². The number of aromatic nitrogens is 2. The second-order valence-electron chi connectivity index (χ2n) is 6.35. The van der Waals surface area contributed by atoms with E-state index in [-0.39, 0.29) is 30.3 Å². The zero-order valence-electron chi connectivity index (χ0n) is 15.5. The molecule has 0 aliphatic heterocycles. The van der Waals surface area contributed by atoms with Gasteiger partial charge in [0.1, 0.15) is 15.3 Å². The van der Waals surface area contributed by atoms with E-state index in [4.69, 9.17) is 9.15 Å². The van der Waals surface area contributed by atoms with Crippen LogP contribution < -0.4 is 5.56 Å². The second-order valence-corrected chi connectivity index (χ2v) is 8.27. The van der Waals surface area contributed by atoms with Crippen LogP contribution in [-0.4, -0.2) is 27.9 Å². The van der Waals surface area contributed by atoms with Crippen LogP contribution in [0, 0.1) is 6.92 Å². The van der Waals surface area contributed by atoms with Gasteiger partial charge in [0.2, 0.25) is 5.78 Å². The lowest BCUT2D eigenvalue weighted by Gasteiger charge is -2.03. The fourth-order valence-electron chi connectivity index (χ4n) is 3.05. The third-order valence-electron chi connectivity index (χ3n) is 4.45. The van der Waals surface area contributed by atoms with E-state index in [1.165, 1.54) is 10.9 Å². The van der Waals surface area contributed by atoms with Gasteiger partial charge in [-0.15, -0.1) is 11.3 Å². The summed E-state index contributed by atoms with van der Waals surface area (Å²) in [5, 5.41) is 1.11. The van der Waals surface area contributed by atoms with Gasteiger partial charge in [-0.3, -0.25) is 14.2 Å². The van der Waals surface area contributed by atoms with E-state index >= 15 is 0 Å². The Balaban J connectivity index is 1.69. The lowest BCUT2D eigenvalue weighted by Crippen LogP contribution is -2.24. The number of ether oxygens (including phenoxy) is 1. The summed E-state index contributed by atoms with van der Waals surface area (Å²) in [6.07, 6.45) is 1.31. The Morgan fingerprint density at radius 3 is 2.86 bits per heavy atom. The van der Waals surface area contributed by atoms with Crippen LogP contribution in [0.1, 0.15) is 32.7 Å². The highest BCUT2D eigenvalue weighted by atomic mass is 79.9. The minimum Gasteiger partial charge on any atom is -0.462 e. The molecule has 0 N–H and O–H groups in total. The molecule has 4 rings (SSSR count). The number of carbonyl (C=O) groups excluding carboxylic acids is 2. The number of furan rings is 1. The fourth-order valence-corrected chi connectivity index (χ4v) is 4.46. The first-order valence-corrected chi connectivity index (χ1v) is 10.4. The normalized spacial score (nSPS) is 11.3. The van der Waals surface area contributed by atoms with Crippen molar-refractivity contribution in [3.63, 3.8) is 0 Å². The molecule has 4 aromatic rings. The minimum atomic E-state index is -0.483. The van der Waals surface area contributed by atoms with Crippen LogP contribution in [0.4, 0.5) is 0 Å². The van der Waals surface area contributed by atoms with Crippen molar-refractivity contribution in [1.29, 1.82) is 0 Å². The smallest absolute Gasteiger partial charge is 0.348 e. The summed E-state index contributed by atoms with van der Waals surface area (Å²) in [5.74, 6) is -0.665. The molecule has 0 aliphatic carbocycles. The van der Waals surface area contributed by atoms with E-state index in [0.29, 0.717) is 26.2 Å². The molecule has 0 amide bonds. The first-order valence-electron chi connectivity index (χ1n) is 8.77. The lowest BCUT2D eigenvalue weighted by molar-refractivity contribution is 0.0531. The Labute approximate surface area is 177 Å². The van der Waals surface area contributed by atoms with Gasteiger partial charge in [0.15, 0.2) is 5.76 Å². The molecule has 3 heterocycles. The van der Waals surface area contributed by atoms with E-state index < -0.39 is 5.97 Å². The Morgan fingerprint density at radius 1 is 1.31 bits per heavy atom. The molecule has 7 nitrogen and oxygen atoms in total. The van der Waals surface area contributed by atoms with Crippen molar-refractivity contribution in [2.75, 3.05) is 6.61 Å². The number of thiophene rings is 1. The van der Waals surface area contributed by atoms with E-state index in [0.717, 1.165) is 21.2 Å². The van der Waals surface area contributed by atoms with Crippen LogP contribution in [0.2, 0.25) is 0 Å². The Morgan fingerprint density at radius 2 is 2.10 bits per heavy atom. The Kier molecular flexibility index (Phi) is 5.10. The molecule has 0 unspecified atom stereocenters. The number of benzene rings is 1. The van der Waals surface area contributed by atoms with Crippen molar-refractivity contribution < 1.29 is 18.7 Å². The van der Waals surface area contributed by atoms with Gasteiger partial charge in [-0.1, -0.05) is 15.9 Å². The molecule has 29 heavy (non-hydrogen) atoms. The minimum absolute atomic E-state index is 0.166. The molecule has 0 aliphatic rings.